The molecule has 1 saturated carbocycles. The summed E-state index contributed by atoms with van der Waals surface area (Å²) in [6.45, 7) is 4.15. The van der Waals surface area contributed by atoms with Gasteiger partial charge in [-0.3, -0.25) is 0 Å². The molecule has 0 bridgehead atoms. The van der Waals surface area contributed by atoms with Gasteiger partial charge in [-0.1, -0.05) is 12.8 Å². The van der Waals surface area contributed by atoms with E-state index in [1.54, 1.807) is 7.11 Å². The van der Waals surface area contributed by atoms with Crippen molar-refractivity contribution in [1.29, 1.82) is 0 Å². The second-order valence-electron chi connectivity index (χ2n) is 5.11. The lowest BCUT2D eigenvalue weighted by molar-refractivity contribution is 0.0695. The maximum Gasteiger partial charge on any atom is 0.0700 e. The second-order valence-corrected chi connectivity index (χ2v) is 5.11. The van der Waals surface area contributed by atoms with Crippen molar-refractivity contribution >= 4 is 0 Å². The van der Waals surface area contributed by atoms with E-state index in [1.807, 2.05) is 0 Å². The smallest absolute Gasteiger partial charge is 0.0700 e. The molecule has 1 fully saturated rings. The van der Waals surface area contributed by atoms with Crippen molar-refractivity contribution in [2.45, 2.75) is 31.2 Å². The van der Waals surface area contributed by atoms with Crippen molar-refractivity contribution in [2.24, 2.45) is 0 Å². The van der Waals surface area contributed by atoms with E-state index < -0.39 is 0 Å². The van der Waals surface area contributed by atoms with E-state index in [-0.39, 0.29) is 0 Å². The molecule has 17 heavy (non-hydrogen) atoms. The summed E-state index contributed by atoms with van der Waals surface area (Å²) in [4.78, 5) is 2.39. The van der Waals surface area contributed by atoms with Gasteiger partial charge in [0.25, 0.3) is 0 Å². The van der Waals surface area contributed by atoms with Crippen LogP contribution in [0.15, 0.2) is 0 Å². The average molecular weight is 244 g/mol. The highest BCUT2D eigenvalue weighted by atomic mass is 16.5. The number of ether oxygens (including phenoxy) is 2. The lowest BCUT2D eigenvalue weighted by Gasteiger charge is -2.36. The minimum absolute atomic E-state index is 0.381. The highest BCUT2D eigenvalue weighted by molar-refractivity contribution is 4.94. The molecule has 1 aliphatic rings. The Morgan fingerprint density at radius 1 is 1.12 bits per heavy atom. The quantitative estimate of drug-likeness (QED) is 0.616. The minimum Gasteiger partial charge on any atom is -0.382 e. The first-order valence-corrected chi connectivity index (χ1v) is 6.66. The van der Waals surface area contributed by atoms with Crippen molar-refractivity contribution < 1.29 is 9.47 Å². The molecule has 0 aliphatic heterocycles. The zero-order valence-corrected chi connectivity index (χ0v) is 11.6. The third kappa shape index (κ3) is 4.92. The molecule has 4 nitrogen and oxygen atoms in total. The Kier molecular flexibility index (Phi) is 7.04. The molecule has 1 rings (SSSR count). The first-order valence-electron chi connectivity index (χ1n) is 6.66. The van der Waals surface area contributed by atoms with E-state index >= 15 is 0 Å². The molecule has 0 unspecified atom stereocenters. The Morgan fingerprint density at radius 2 is 1.82 bits per heavy atom. The Balaban J connectivity index is 2.08. The fourth-order valence-corrected chi connectivity index (χ4v) is 2.52. The summed E-state index contributed by atoms with van der Waals surface area (Å²) in [7, 11) is 6.09. The highest BCUT2D eigenvalue weighted by Gasteiger charge is 2.35. The normalized spacial score (nSPS) is 19.1. The SMILES string of the molecule is COCCOCCNCC1(N(C)C)CCCC1. The summed E-state index contributed by atoms with van der Waals surface area (Å²) >= 11 is 0. The van der Waals surface area contributed by atoms with Gasteiger partial charge in [0.2, 0.25) is 0 Å². The van der Waals surface area contributed by atoms with Gasteiger partial charge >= 0.3 is 0 Å². The van der Waals surface area contributed by atoms with Crippen molar-refractivity contribution in [1.82, 2.24) is 10.2 Å². The molecule has 0 heterocycles. The van der Waals surface area contributed by atoms with Gasteiger partial charge in [0.15, 0.2) is 0 Å². The lowest BCUT2D eigenvalue weighted by atomic mass is 9.96. The number of nitrogens with zero attached hydrogens (tertiary/aromatic N) is 1. The summed E-state index contributed by atoms with van der Waals surface area (Å²) in [6.07, 6.45) is 5.36. The summed E-state index contributed by atoms with van der Waals surface area (Å²) in [5.74, 6) is 0. The topological polar surface area (TPSA) is 33.7 Å². The first kappa shape index (κ1) is 14.9. The summed E-state index contributed by atoms with van der Waals surface area (Å²) < 4.78 is 10.4. The average Bonchev–Trinajstić information content (AvgIpc) is 2.78. The maximum atomic E-state index is 5.43. The van der Waals surface area contributed by atoms with Crippen LogP contribution >= 0.6 is 0 Å². The third-order valence-corrected chi connectivity index (χ3v) is 3.79. The first-order chi connectivity index (χ1) is 8.21. The number of rotatable bonds is 9. The van der Waals surface area contributed by atoms with Gasteiger partial charge in [-0.2, -0.15) is 0 Å². The van der Waals surface area contributed by atoms with Gasteiger partial charge in [0, 0.05) is 25.7 Å². The largest absolute Gasteiger partial charge is 0.382 e. The molecule has 1 N–H and O–H groups in total. The van der Waals surface area contributed by atoms with Crippen LogP contribution in [0.5, 0.6) is 0 Å². The molecular weight excluding hydrogens is 216 g/mol. The van der Waals surface area contributed by atoms with Gasteiger partial charge in [-0.05, 0) is 26.9 Å². The molecule has 0 amide bonds. The van der Waals surface area contributed by atoms with Crippen LogP contribution in [-0.4, -0.2) is 64.6 Å². The maximum absolute atomic E-state index is 5.43. The zero-order valence-electron chi connectivity index (χ0n) is 11.6. The van der Waals surface area contributed by atoms with Gasteiger partial charge < -0.3 is 19.7 Å². The molecule has 0 saturated heterocycles. The number of nitrogens with one attached hydrogen (secondary N) is 1. The minimum atomic E-state index is 0.381. The lowest BCUT2D eigenvalue weighted by Crippen LogP contribution is -2.50. The monoisotopic (exact) mass is 244 g/mol. The van der Waals surface area contributed by atoms with Crippen molar-refractivity contribution in [3.63, 3.8) is 0 Å². The molecular formula is C13H28N2O2. The van der Waals surface area contributed by atoms with Crippen molar-refractivity contribution in [3.8, 4) is 0 Å². The molecule has 0 aromatic rings. The van der Waals surface area contributed by atoms with E-state index in [9.17, 15) is 0 Å². The Bertz CT molecular complexity index is 192. The van der Waals surface area contributed by atoms with Gasteiger partial charge in [0.1, 0.15) is 0 Å². The fraction of sp³-hybridized carbons (Fsp3) is 1.00. The van der Waals surface area contributed by atoms with E-state index in [0.29, 0.717) is 18.8 Å². The van der Waals surface area contributed by atoms with Gasteiger partial charge in [0.05, 0.1) is 19.8 Å². The molecule has 0 spiro atoms. The molecule has 0 aromatic heterocycles. The van der Waals surface area contributed by atoms with E-state index in [4.69, 9.17) is 9.47 Å². The highest BCUT2D eigenvalue weighted by Crippen LogP contribution is 2.32. The van der Waals surface area contributed by atoms with Crippen LogP contribution < -0.4 is 5.32 Å². The third-order valence-electron chi connectivity index (χ3n) is 3.79. The molecule has 0 aromatic carbocycles. The Morgan fingerprint density at radius 3 is 2.41 bits per heavy atom. The molecule has 4 heteroatoms. The number of likely N-dealkylation sites (N-methyl/N-ethyl adjacent to an activating group) is 1. The number of methoxy groups -OCH3 is 1. The predicted octanol–water partition coefficient (Wildman–Crippen LogP) is 1.11. The summed E-state index contributed by atoms with van der Waals surface area (Å²) in [6, 6.07) is 0. The number of hydrogen-bond donors (Lipinski definition) is 1. The van der Waals surface area contributed by atoms with Crippen molar-refractivity contribution in [3.05, 3.63) is 0 Å². The van der Waals surface area contributed by atoms with E-state index in [0.717, 1.165) is 19.7 Å². The summed E-state index contributed by atoms with van der Waals surface area (Å²) in [5, 5.41) is 3.52. The standard InChI is InChI=1S/C13H28N2O2/c1-15(2)13(6-4-5-7-13)12-14-8-9-17-11-10-16-3/h14H,4-12H2,1-3H3. The predicted molar refractivity (Wildman–Crippen MR) is 70.5 cm³/mol. The van der Waals surface area contributed by atoms with Crippen LogP contribution in [0, 0.1) is 0 Å². The van der Waals surface area contributed by atoms with E-state index in [1.165, 1.54) is 25.7 Å². The summed E-state index contributed by atoms with van der Waals surface area (Å²) in [5.41, 5.74) is 0.381. The number of hydrogen-bond acceptors (Lipinski definition) is 4. The second kappa shape index (κ2) is 8.03. The van der Waals surface area contributed by atoms with Gasteiger partial charge in [-0.25, -0.2) is 0 Å². The van der Waals surface area contributed by atoms with Crippen LogP contribution in [0.25, 0.3) is 0 Å². The van der Waals surface area contributed by atoms with Crippen LogP contribution in [0.3, 0.4) is 0 Å². The van der Waals surface area contributed by atoms with Crippen molar-refractivity contribution in [2.75, 3.05) is 54.1 Å². The molecule has 102 valence electrons. The van der Waals surface area contributed by atoms with Crippen LogP contribution in [-0.2, 0) is 9.47 Å². The van der Waals surface area contributed by atoms with Crippen LogP contribution in [0.2, 0.25) is 0 Å². The Labute approximate surface area is 106 Å². The fourth-order valence-electron chi connectivity index (χ4n) is 2.52. The Hall–Kier alpha value is -0.160. The molecule has 0 radical (unpaired) electrons. The van der Waals surface area contributed by atoms with Crippen LogP contribution in [0.1, 0.15) is 25.7 Å². The zero-order chi connectivity index (χ0) is 12.6. The van der Waals surface area contributed by atoms with Gasteiger partial charge in [-0.15, -0.1) is 0 Å². The van der Waals surface area contributed by atoms with Crippen LogP contribution in [0.4, 0.5) is 0 Å². The molecule has 0 atom stereocenters. The van der Waals surface area contributed by atoms with E-state index in [2.05, 4.69) is 24.3 Å². The molecule has 1 aliphatic carbocycles.